The molecule has 0 atom stereocenters. The van der Waals surface area contributed by atoms with Gasteiger partial charge in [0.1, 0.15) is 24.7 Å². The second-order valence-corrected chi connectivity index (χ2v) is 3.89. The van der Waals surface area contributed by atoms with Crippen molar-refractivity contribution in [2.45, 2.75) is 0 Å². The lowest BCUT2D eigenvalue weighted by molar-refractivity contribution is 0.271. The van der Waals surface area contributed by atoms with Gasteiger partial charge in [0.2, 0.25) is 0 Å². The van der Waals surface area contributed by atoms with Crippen LogP contribution >= 0.6 is 0 Å². The summed E-state index contributed by atoms with van der Waals surface area (Å²) in [5.74, 6) is 0.588. The van der Waals surface area contributed by atoms with Crippen molar-refractivity contribution in [1.29, 1.82) is 0 Å². The SMILES string of the molecule is CONc1cnccc1Nc1ccccc1OCCF. The number of ether oxygens (including phenoxy) is 1. The number of hydrogen-bond donors (Lipinski definition) is 2. The van der Waals surface area contributed by atoms with Gasteiger partial charge in [-0.15, -0.1) is 0 Å². The molecule has 1 heterocycles. The van der Waals surface area contributed by atoms with Gasteiger partial charge < -0.3 is 10.1 Å². The molecule has 5 nitrogen and oxygen atoms in total. The molecule has 2 aromatic rings. The van der Waals surface area contributed by atoms with E-state index in [4.69, 9.17) is 9.57 Å². The number of hydrogen-bond acceptors (Lipinski definition) is 5. The minimum atomic E-state index is -0.528. The highest BCUT2D eigenvalue weighted by Crippen LogP contribution is 2.30. The molecule has 0 radical (unpaired) electrons. The monoisotopic (exact) mass is 277 g/mol. The summed E-state index contributed by atoms with van der Waals surface area (Å²) in [6.07, 6.45) is 3.30. The molecule has 0 fully saturated rings. The fourth-order valence-electron chi connectivity index (χ4n) is 1.68. The van der Waals surface area contributed by atoms with E-state index in [0.717, 1.165) is 11.4 Å². The van der Waals surface area contributed by atoms with Crippen molar-refractivity contribution in [3.05, 3.63) is 42.7 Å². The van der Waals surface area contributed by atoms with Crippen molar-refractivity contribution in [3.63, 3.8) is 0 Å². The molecule has 0 aliphatic heterocycles. The van der Waals surface area contributed by atoms with Gasteiger partial charge in [-0.25, -0.2) is 4.39 Å². The molecule has 6 heteroatoms. The Morgan fingerprint density at radius 1 is 1.15 bits per heavy atom. The molecule has 0 amide bonds. The quantitative estimate of drug-likeness (QED) is 0.761. The molecule has 2 N–H and O–H groups in total. The van der Waals surface area contributed by atoms with Gasteiger partial charge >= 0.3 is 0 Å². The molecule has 0 saturated heterocycles. The number of halogens is 1. The molecule has 0 unspecified atom stereocenters. The molecule has 1 aromatic carbocycles. The minimum absolute atomic E-state index is 0.0260. The van der Waals surface area contributed by atoms with E-state index < -0.39 is 6.67 Å². The van der Waals surface area contributed by atoms with Crippen LogP contribution in [0.2, 0.25) is 0 Å². The van der Waals surface area contributed by atoms with Gasteiger partial charge in [-0.3, -0.25) is 15.3 Å². The third kappa shape index (κ3) is 3.58. The Hall–Kier alpha value is -2.34. The highest BCUT2D eigenvalue weighted by Gasteiger charge is 2.06. The number of aromatic nitrogens is 1. The minimum Gasteiger partial charge on any atom is -0.489 e. The van der Waals surface area contributed by atoms with E-state index in [1.165, 1.54) is 7.11 Å². The summed E-state index contributed by atoms with van der Waals surface area (Å²) in [5, 5.41) is 3.20. The number of nitrogens with zero attached hydrogens (tertiary/aromatic N) is 1. The van der Waals surface area contributed by atoms with Crippen LogP contribution in [-0.2, 0) is 4.84 Å². The highest BCUT2D eigenvalue weighted by atomic mass is 19.1. The Morgan fingerprint density at radius 2 is 2.00 bits per heavy atom. The van der Waals surface area contributed by atoms with Crippen LogP contribution in [-0.4, -0.2) is 25.4 Å². The summed E-state index contributed by atoms with van der Waals surface area (Å²) in [4.78, 5) is 8.90. The molecule has 0 spiro atoms. The van der Waals surface area contributed by atoms with E-state index in [1.807, 2.05) is 18.2 Å². The number of pyridine rings is 1. The molecule has 2 rings (SSSR count). The molecule has 106 valence electrons. The predicted octanol–water partition coefficient (Wildman–Crippen LogP) is 3.15. The number of alkyl halides is 1. The van der Waals surface area contributed by atoms with Crippen LogP contribution in [0.4, 0.5) is 21.5 Å². The number of rotatable bonds is 7. The number of anilines is 3. The number of nitrogens with one attached hydrogen (secondary N) is 2. The first-order valence-corrected chi connectivity index (χ1v) is 6.13. The molecular formula is C14H16FN3O2. The van der Waals surface area contributed by atoms with Gasteiger partial charge in [0, 0.05) is 6.20 Å². The van der Waals surface area contributed by atoms with Crippen molar-refractivity contribution in [3.8, 4) is 5.75 Å². The number of para-hydroxylation sites is 2. The fourth-order valence-corrected chi connectivity index (χ4v) is 1.68. The first-order valence-electron chi connectivity index (χ1n) is 6.13. The first-order chi connectivity index (χ1) is 9.85. The van der Waals surface area contributed by atoms with Gasteiger partial charge in [0.25, 0.3) is 0 Å². The highest BCUT2D eigenvalue weighted by molar-refractivity contribution is 5.75. The summed E-state index contributed by atoms with van der Waals surface area (Å²) < 4.78 is 17.6. The lowest BCUT2D eigenvalue weighted by atomic mass is 10.2. The summed E-state index contributed by atoms with van der Waals surface area (Å²) in [7, 11) is 1.52. The second-order valence-electron chi connectivity index (χ2n) is 3.89. The van der Waals surface area contributed by atoms with Crippen LogP contribution in [0.15, 0.2) is 42.7 Å². The average Bonchev–Trinajstić information content (AvgIpc) is 2.49. The molecule has 0 aliphatic rings. The van der Waals surface area contributed by atoms with E-state index in [0.29, 0.717) is 11.4 Å². The van der Waals surface area contributed by atoms with E-state index in [9.17, 15) is 4.39 Å². The largest absolute Gasteiger partial charge is 0.489 e. The predicted molar refractivity (Wildman–Crippen MR) is 76.1 cm³/mol. The van der Waals surface area contributed by atoms with E-state index in [-0.39, 0.29) is 6.61 Å². The zero-order valence-electron chi connectivity index (χ0n) is 11.1. The Morgan fingerprint density at radius 3 is 2.80 bits per heavy atom. The second kappa shape index (κ2) is 7.30. The van der Waals surface area contributed by atoms with Crippen molar-refractivity contribution in [2.24, 2.45) is 0 Å². The van der Waals surface area contributed by atoms with Gasteiger partial charge in [-0.2, -0.15) is 0 Å². The standard InChI is InChI=1S/C14H16FN3O2/c1-19-18-13-10-16-8-6-11(13)17-12-4-2-3-5-14(12)20-9-7-15/h2-6,8,10,18H,7,9H2,1H3,(H,16,17). The molecule has 0 bridgehead atoms. The van der Waals surface area contributed by atoms with Crippen LogP contribution in [0.3, 0.4) is 0 Å². The van der Waals surface area contributed by atoms with Crippen LogP contribution in [0.1, 0.15) is 0 Å². The Bertz CT molecular complexity index is 551. The molecule has 20 heavy (non-hydrogen) atoms. The molecular weight excluding hydrogens is 261 g/mol. The van der Waals surface area contributed by atoms with Gasteiger partial charge in [0.05, 0.1) is 24.7 Å². The summed E-state index contributed by atoms with van der Waals surface area (Å²) in [5.41, 5.74) is 4.94. The first kappa shape index (κ1) is 14.1. The zero-order valence-corrected chi connectivity index (χ0v) is 11.1. The number of benzene rings is 1. The van der Waals surface area contributed by atoms with E-state index >= 15 is 0 Å². The van der Waals surface area contributed by atoms with E-state index in [2.05, 4.69) is 15.8 Å². The maximum atomic E-state index is 12.2. The summed E-state index contributed by atoms with van der Waals surface area (Å²) in [6.45, 7) is -0.502. The molecule has 0 saturated carbocycles. The van der Waals surface area contributed by atoms with Gasteiger partial charge in [-0.05, 0) is 18.2 Å². The maximum absolute atomic E-state index is 12.2. The van der Waals surface area contributed by atoms with E-state index in [1.54, 1.807) is 24.5 Å². The third-order valence-electron chi connectivity index (χ3n) is 2.52. The Kier molecular flexibility index (Phi) is 5.14. The average molecular weight is 277 g/mol. The van der Waals surface area contributed by atoms with Crippen LogP contribution in [0.5, 0.6) is 5.75 Å². The zero-order chi connectivity index (χ0) is 14.2. The van der Waals surface area contributed by atoms with Crippen molar-refractivity contribution < 1.29 is 14.0 Å². The van der Waals surface area contributed by atoms with Gasteiger partial charge in [0.15, 0.2) is 0 Å². The topological polar surface area (TPSA) is 55.4 Å². The summed E-state index contributed by atoms with van der Waals surface area (Å²) >= 11 is 0. The Balaban J connectivity index is 2.21. The van der Waals surface area contributed by atoms with Crippen LogP contribution in [0.25, 0.3) is 0 Å². The fraction of sp³-hybridized carbons (Fsp3) is 0.214. The normalized spacial score (nSPS) is 10.1. The molecule has 0 aliphatic carbocycles. The lowest BCUT2D eigenvalue weighted by Gasteiger charge is -2.15. The van der Waals surface area contributed by atoms with Gasteiger partial charge in [-0.1, -0.05) is 12.1 Å². The van der Waals surface area contributed by atoms with Crippen molar-refractivity contribution in [2.75, 3.05) is 31.2 Å². The third-order valence-corrected chi connectivity index (χ3v) is 2.52. The lowest BCUT2D eigenvalue weighted by Crippen LogP contribution is -2.04. The smallest absolute Gasteiger partial charge is 0.142 e. The van der Waals surface area contributed by atoms with Crippen molar-refractivity contribution >= 4 is 17.1 Å². The molecule has 1 aromatic heterocycles. The summed E-state index contributed by atoms with van der Waals surface area (Å²) in [6, 6.07) is 9.13. The van der Waals surface area contributed by atoms with Crippen molar-refractivity contribution in [1.82, 2.24) is 4.98 Å². The maximum Gasteiger partial charge on any atom is 0.142 e. The Labute approximate surface area is 116 Å². The van der Waals surface area contributed by atoms with Crippen LogP contribution in [0, 0.1) is 0 Å². The van der Waals surface area contributed by atoms with Crippen LogP contribution < -0.4 is 15.5 Å².